The van der Waals surface area contributed by atoms with E-state index in [1.54, 1.807) is 36.4 Å². The van der Waals surface area contributed by atoms with E-state index in [0.717, 1.165) is 5.56 Å². The first-order valence-electron chi connectivity index (χ1n) is 7.32. The standard InChI is InChI=1S/C19H16FNO4/c1-23-18-10-14(9-15(11-21)19(22)24-2)5-8-17(18)25-12-13-3-6-16(20)7-4-13/h3-10H,12H2,1-2H3/b15-9+. The van der Waals surface area contributed by atoms with Crippen LogP contribution in [0.2, 0.25) is 0 Å². The molecule has 0 radical (unpaired) electrons. The Bertz CT molecular complexity index is 822. The Hall–Kier alpha value is -3.33. The second-order valence-corrected chi connectivity index (χ2v) is 4.99. The van der Waals surface area contributed by atoms with Gasteiger partial charge < -0.3 is 14.2 Å². The van der Waals surface area contributed by atoms with Crippen molar-refractivity contribution in [2.24, 2.45) is 0 Å². The number of rotatable bonds is 6. The highest BCUT2D eigenvalue weighted by Gasteiger charge is 2.10. The van der Waals surface area contributed by atoms with E-state index in [2.05, 4.69) is 4.74 Å². The molecular weight excluding hydrogens is 325 g/mol. The van der Waals surface area contributed by atoms with Crippen LogP contribution < -0.4 is 9.47 Å². The summed E-state index contributed by atoms with van der Waals surface area (Å²) in [4.78, 5) is 11.5. The Morgan fingerprint density at radius 2 is 1.88 bits per heavy atom. The van der Waals surface area contributed by atoms with Crippen molar-refractivity contribution in [1.82, 2.24) is 0 Å². The maximum Gasteiger partial charge on any atom is 0.348 e. The number of nitrogens with zero attached hydrogens (tertiary/aromatic N) is 1. The van der Waals surface area contributed by atoms with Gasteiger partial charge in [0.25, 0.3) is 0 Å². The summed E-state index contributed by atoms with van der Waals surface area (Å²) in [5.41, 5.74) is 1.28. The number of methoxy groups -OCH3 is 2. The van der Waals surface area contributed by atoms with Crippen LogP contribution in [0.1, 0.15) is 11.1 Å². The average Bonchev–Trinajstić information content (AvgIpc) is 2.65. The van der Waals surface area contributed by atoms with Crippen LogP contribution in [0.25, 0.3) is 6.08 Å². The topological polar surface area (TPSA) is 68.6 Å². The van der Waals surface area contributed by atoms with Crippen LogP contribution >= 0.6 is 0 Å². The molecule has 25 heavy (non-hydrogen) atoms. The van der Waals surface area contributed by atoms with E-state index in [0.29, 0.717) is 17.1 Å². The van der Waals surface area contributed by atoms with Gasteiger partial charge in [0.05, 0.1) is 14.2 Å². The summed E-state index contributed by atoms with van der Waals surface area (Å²) in [5.74, 6) is -0.0898. The van der Waals surface area contributed by atoms with Gasteiger partial charge in [0.15, 0.2) is 11.5 Å². The zero-order chi connectivity index (χ0) is 18.2. The molecule has 0 N–H and O–H groups in total. The molecule has 0 saturated carbocycles. The summed E-state index contributed by atoms with van der Waals surface area (Å²) in [6, 6.07) is 12.8. The van der Waals surface area contributed by atoms with Gasteiger partial charge in [0, 0.05) is 0 Å². The van der Waals surface area contributed by atoms with Crippen LogP contribution in [-0.4, -0.2) is 20.2 Å². The van der Waals surface area contributed by atoms with Crippen molar-refractivity contribution in [2.45, 2.75) is 6.61 Å². The molecule has 2 aromatic rings. The quantitative estimate of drug-likeness (QED) is 0.457. The molecule has 0 aliphatic heterocycles. The average molecular weight is 341 g/mol. The lowest BCUT2D eigenvalue weighted by Crippen LogP contribution is -2.02. The molecule has 0 saturated heterocycles. The van der Waals surface area contributed by atoms with Gasteiger partial charge in [-0.1, -0.05) is 18.2 Å². The number of hydrogen-bond acceptors (Lipinski definition) is 5. The molecule has 0 unspecified atom stereocenters. The van der Waals surface area contributed by atoms with Crippen molar-refractivity contribution in [3.8, 4) is 17.6 Å². The predicted molar refractivity (Wildman–Crippen MR) is 89.3 cm³/mol. The number of carbonyl (C=O) groups excluding carboxylic acids is 1. The number of halogens is 1. The fourth-order valence-corrected chi connectivity index (χ4v) is 2.05. The van der Waals surface area contributed by atoms with E-state index in [4.69, 9.17) is 14.7 Å². The lowest BCUT2D eigenvalue weighted by atomic mass is 10.1. The summed E-state index contributed by atoms with van der Waals surface area (Å²) in [7, 11) is 2.69. The fourth-order valence-electron chi connectivity index (χ4n) is 2.05. The van der Waals surface area contributed by atoms with Crippen molar-refractivity contribution in [3.63, 3.8) is 0 Å². The summed E-state index contributed by atoms with van der Waals surface area (Å²) in [6.07, 6.45) is 1.40. The minimum atomic E-state index is -0.710. The number of ether oxygens (including phenoxy) is 3. The molecule has 0 aliphatic rings. The Balaban J connectivity index is 2.18. The maximum atomic E-state index is 12.9. The van der Waals surface area contributed by atoms with E-state index in [-0.39, 0.29) is 18.0 Å². The van der Waals surface area contributed by atoms with E-state index in [1.165, 1.54) is 32.4 Å². The highest BCUT2D eigenvalue weighted by atomic mass is 19.1. The summed E-state index contributed by atoms with van der Waals surface area (Å²) in [6.45, 7) is 0.247. The van der Waals surface area contributed by atoms with Crippen LogP contribution in [0.5, 0.6) is 11.5 Å². The molecule has 0 heterocycles. The van der Waals surface area contributed by atoms with Gasteiger partial charge in [0.2, 0.25) is 0 Å². The molecular formula is C19H16FNO4. The van der Waals surface area contributed by atoms with Gasteiger partial charge in [-0.2, -0.15) is 5.26 Å². The Kier molecular flexibility index (Phi) is 6.13. The number of hydrogen-bond donors (Lipinski definition) is 0. The monoisotopic (exact) mass is 341 g/mol. The third kappa shape index (κ3) is 4.82. The van der Waals surface area contributed by atoms with Crippen LogP contribution in [0.4, 0.5) is 4.39 Å². The molecule has 0 atom stereocenters. The minimum Gasteiger partial charge on any atom is -0.493 e. The maximum absolute atomic E-state index is 12.9. The highest BCUT2D eigenvalue weighted by Crippen LogP contribution is 2.29. The van der Waals surface area contributed by atoms with Gasteiger partial charge in [-0.05, 0) is 41.5 Å². The predicted octanol–water partition coefficient (Wildman–Crippen LogP) is 3.49. The number of nitriles is 1. The fraction of sp³-hybridized carbons (Fsp3) is 0.158. The lowest BCUT2D eigenvalue weighted by molar-refractivity contribution is -0.135. The molecule has 2 aromatic carbocycles. The molecule has 128 valence electrons. The van der Waals surface area contributed by atoms with Crippen molar-refractivity contribution in [3.05, 3.63) is 65.0 Å². The Labute approximate surface area is 144 Å². The second kappa shape index (κ2) is 8.50. The molecule has 0 bridgehead atoms. The SMILES string of the molecule is COC(=O)/C(C#N)=C/c1ccc(OCc2ccc(F)cc2)c(OC)c1. The van der Waals surface area contributed by atoms with E-state index >= 15 is 0 Å². The first-order chi connectivity index (χ1) is 12.1. The summed E-state index contributed by atoms with van der Waals surface area (Å²) in [5, 5.41) is 9.00. The van der Waals surface area contributed by atoms with Crippen molar-refractivity contribution >= 4 is 12.0 Å². The highest BCUT2D eigenvalue weighted by molar-refractivity contribution is 5.97. The molecule has 5 nitrogen and oxygen atoms in total. The van der Waals surface area contributed by atoms with Crippen molar-refractivity contribution < 1.29 is 23.4 Å². The number of benzene rings is 2. The van der Waals surface area contributed by atoms with Crippen LogP contribution in [0, 0.1) is 17.1 Å². The smallest absolute Gasteiger partial charge is 0.348 e. The van der Waals surface area contributed by atoms with Gasteiger partial charge in [0.1, 0.15) is 24.1 Å². The summed E-state index contributed by atoms with van der Waals surface area (Å²) < 4.78 is 28.4. The summed E-state index contributed by atoms with van der Waals surface area (Å²) >= 11 is 0. The molecule has 0 spiro atoms. The third-order valence-corrected chi connectivity index (χ3v) is 3.33. The largest absolute Gasteiger partial charge is 0.493 e. The molecule has 0 amide bonds. The van der Waals surface area contributed by atoms with Gasteiger partial charge in [-0.15, -0.1) is 0 Å². The van der Waals surface area contributed by atoms with Crippen LogP contribution in [0.15, 0.2) is 48.0 Å². The number of esters is 1. The van der Waals surface area contributed by atoms with E-state index in [1.807, 2.05) is 0 Å². The molecule has 0 aliphatic carbocycles. The Morgan fingerprint density at radius 1 is 1.16 bits per heavy atom. The first kappa shape index (κ1) is 18.0. The molecule has 6 heteroatoms. The lowest BCUT2D eigenvalue weighted by Gasteiger charge is -2.11. The second-order valence-electron chi connectivity index (χ2n) is 4.99. The molecule has 0 aromatic heterocycles. The van der Waals surface area contributed by atoms with Crippen LogP contribution in [-0.2, 0) is 16.1 Å². The molecule has 0 fully saturated rings. The number of carbonyl (C=O) groups is 1. The third-order valence-electron chi connectivity index (χ3n) is 3.33. The van der Waals surface area contributed by atoms with Gasteiger partial charge in [-0.25, -0.2) is 9.18 Å². The first-order valence-corrected chi connectivity index (χ1v) is 7.32. The van der Waals surface area contributed by atoms with Crippen molar-refractivity contribution in [1.29, 1.82) is 5.26 Å². The minimum absolute atomic E-state index is 0.121. The van der Waals surface area contributed by atoms with Crippen LogP contribution in [0.3, 0.4) is 0 Å². The molecule has 2 rings (SSSR count). The van der Waals surface area contributed by atoms with Crippen molar-refractivity contribution in [2.75, 3.05) is 14.2 Å². The van der Waals surface area contributed by atoms with Gasteiger partial charge >= 0.3 is 5.97 Å². The van der Waals surface area contributed by atoms with E-state index < -0.39 is 5.97 Å². The normalized spacial score (nSPS) is 10.7. The zero-order valence-corrected chi connectivity index (χ0v) is 13.8. The Morgan fingerprint density at radius 3 is 2.48 bits per heavy atom. The van der Waals surface area contributed by atoms with Gasteiger partial charge in [-0.3, -0.25) is 0 Å². The van der Waals surface area contributed by atoms with E-state index in [9.17, 15) is 9.18 Å². The zero-order valence-electron chi connectivity index (χ0n) is 13.8.